The van der Waals surface area contributed by atoms with Crippen LogP contribution in [0.4, 0.5) is 0 Å². The van der Waals surface area contributed by atoms with E-state index in [4.69, 9.17) is 0 Å². The Kier molecular flexibility index (Phi) is 4.82. The molecule has 0 aliphatic rings. The molecule has 2 aromatic rings. The van der Waals surface area contributed by atoms with E-state index in [0.717, 1.165) is 0 Å². The van der Waals surface area contributed by atoms with Crippen LogP contribution in [0.1, 0.15) is 30.6 Å². The first-order valence-electron chi connectivity index (χ1n) is 6.87. The molecular formula is C14H17N5O3. The quantitative estimate of drug-likeness (QED) is 0.820. The third-order valence-electron chi connectivity index (χ3n) is 3.43. The van der Waals surface area contributed by atoms with Crippen LogP contribution < -0.4 is 5.32 Å². The number of nitrogens with zero attached hydrogens (tertiary/aromatic N) is 4. The Morgan fingerprint density at radius 1 is 1.41 bits per heavy atom. The number of carboxylic acid groups (broad SMARTS) is 1. The van der Waals surface area contributed by atoms with Crippen molar-refractivity contribution in [3.8, 4) is 5.82 Å². The number of amides is 1. The Balaban J connectivity index is 2.11. The van der Waals surface area contributed by atoms with E-state index in [2.05, 4.69) is 20.4 Å². The lowest BCUT2D eigenvalue weighted by Gasteiger charge is -2.20. The molecule has 2 unspecified atom stereocenters. The Morgan fingerprint density at radius 3 is 2.68 bits per heavy atom. The maximum atomic E-state index is 12.1. The van der Waals surface area contributed by atoms with Gasteiger partial charge in [-0.25, -0.2) is 19.4 Å². The summed E-state index contributed by atoms with van der Waals surface area (Å²) in [5.41, 5.74) is 0.290. The van der Waals surface area contributed by atoms with Crippen molar-refractivity contribution in [3.05, 3.63) is 36.5 Å². The second-order valence-corrected chi connectivity index (χ2v) is 4.92. The summed E-state index contributed by atoms with van der Waals surface area (Å²) >= 11 is 0. The van der Waals surface area contributed by atoms with Gasteiger partial charge in [0.25, 0.3) is 5.91 Å². The van der Waals surface area contributed by atoms with E-state index in [-0.39, 0.29) is 5.92 Å². The van der Waals surface area contributed by atoms with Crippen LogP contribution in [-0.2, 0) is 4.79 Å². The van der Waals surface area contributed by atoms with E-state index in [1.807, 2.05) is 6.92 Å². The number of aliphatic carboxylic acids is 1. The first kappa shape index (κ1) is 15.6. The van der Waals surface area contributed by atoms with Gasteiger partial charge < -0.3 is 10.4 Å². The minimum atomic E-state index is -1.05. The Labute approximate surface area is 127 Å². The molecule has 0 aliphatic carbocycles. The van der Waals surface area contributed by atoms with Crippen LogP contribution in [0.2, 0.25) is 0 Å². The standard InChI is InChI=1S/C14H17N5O3/c1-3-9(2)12(14(21)22)18-13(20)10-4-5-11(16-6-10)19-8-15-7-17-19/h4-9,12H,3H2,1-2H3,(H,18,20)(H,21,22). The summed E-state index contributed by atoms with van der Waals surface area (Å²) in [6, 6.07) is 2.25. The van der Waals surface area contributed by atoms with E-state index < -0.39 is 17.9 Å². The molecule has 0 saturated heterocycles. The number of hydrogen-bond donors (Lipinski definition) is 2. The van der Waals surface area contributed by atoms with Gasteiger partial charge >= 0.3 is 5.97 Å². The second-order valence-electron chi connectivity index (χ2n) is 4.92. The molecule has 22 heavy (non-hydrogen) atoms. The lowest BCUT2D eigenvalue weighted by Crippen LogP contribution is -2.45. The zero-order valence-electron chi connectivity index (χ0n) is 12.3. The maximum Gasteiger partial charge on any atom is 0.326 e. The van der Waals surface area contributed by atoms with E-state index in [1.165, 1.54) is 23.5 Å². The minimum absolute atomic E-state index is 0.163. The van der Waals surface area contributed by atoms with Crippen molar-refractivity contribution >= 4 is 11.9 Å². The summed E-state index contributed by atoms with van der Waals surface area (Å²) < 4.78 is 1.46. The van der Waals surface area contributed by atoms with Crippen LogP contribution in [0.5, 0.6) is 0 Å². The highest BCUT2D eigenvalue weighted by Gasteiger charge is 2.25. The Bertz CT molecular complexity index is 639. The molecule has 0 aliphatic heterocycles. The molecular weight excluding hydrogens is 286 g/mol. The van der Waals surface area contributed by atoms with Crippen LogP contribution in [0.3, 0.4) is 0 Å². The van der Waals surface area contributed by atoms with Crippen LogP contribution in [0.25, 0.3) is 5.82 Å². The number of hydrogen-bond acceptors (Lipinski definition) is 5. The Hall–Kier alpha value is -2.77. The van der Waals surface area contributed by atoms with Crippen molar-refractivity contribution < 1.29 is 14.7 Å². The summed E-state index contributed by atoms with van der Waals surface area (Å²) in [5.74, 6) is -1.16. The second kappa shape index (κ2) is 6.79. The molecule has 2 rings (SSSR count). The van der Waals surface area contributed by atoms with Gasteiger partial charge in [-0.15, -0.1) is 0 Å². The third-order valence-corrected chi connectivity index (χ3v) is 3.43. The molecule has 0 radical (unpaired) electrons. The molecule has 0 saturated carbocycles. The number of rotatable bonds is 6. The third kappa shape index (κ3) is 3.46. The largest absolute Gasteiger partial charge is 0.480 e. The molecule has 2 N–H and O–H groups in total. The van der Waals surface area contributed by atoms with Crippen LogP contribution in [-0.4, -0.2) is 42.8 Å². The molecule has 0 aromatic carbocycles. The zero-order chi connectivity index (χ0) is 16.1. The fraction of sp³-hybridized carbons (Fsp3) is 0.357. The van der Waals surface area contributed by atoms with Gasteiger partial charge in [-0.2, -0.15) is 5.10 Å². The molecule has 116 valence electrons. The van der Waals surface area contributed by atoms with Gasteiger partial charge in [0, 0.05) is 6.20 Å². The lowest BCUT2D eigenvalue weighted by atomic mass is 9.99. The fourth-order valence-corrected chi connectivity index (χ4v) is 1.89. The molecule has 1 amide bonds. The first-order valence-corrected chi connectivity index (χ1v) is 6.87. The zero-order valence-corrected chi connectivity index (χ0v) is 12.3. The number of carbonyl (C=O) groups is 2. The van der Waals surface area contributed by atoms with Gasteiger partial charge in [0.05, 0.1) is 5.56 Å². The monoisotopic (exact) mass is 303 g/mol. The Morgan fingerprint density at radius 2 is 2.18 bits per heavy atom. The van der Waals surface area contributed by atoms with Crippen molar-refractivity contribution in [3.63, 3.8) is 0 Å². The highest BCUT2D eigenvalue weighted by atomic mass is 16.4. The molecule has 8 heteroatoms. The van der Waals surface area contributed by atoms with Crippen molar-refractivity contribution in [2.24, 2.45) is 5.92 Å². The minimum Gasteiger partial charge on any atom is -0.480 e. The fourth-order valence-electron chi connectivity index (χ4n) is 1.89. The summed E-state index contributed by atoms with van der Waals surface area (Å²) in [4.78, 5) is 31.3. The van der Waals surface area contributed by atoms with Crippen molar-refractivity contribution in [1.82, 2.24) is 25.1 Å². The molecule has 2 atom stereocenters. The van der Waals surface area contributed by atoms with E-state index >= 15 is 0 Å². The predicted octanol–water partition coefficient (Wildman–Crippen LogP) is 0.891. The highest BCUT2D eigenvalue weighted by Crippen LogP contribution is 2.10. The molecule has 0 bridgehead atoms. The van der Waals surface area contributed by atoms with E-state index in [9.17, 15) is 14.7 Å². The number of carbonyl (C=O) groups excluding carboxylic acids is 1. The summed E-state index contributed by atoms with van der Waals surface area (Å²) in [5, 5.41) is 15.6. The topological polar surface area (TPSA) is 110 Å². The van der Waals surface area contributed by atoms with Gasteiger partial charge in [-0.3, -0.25) is 4.79 Å². The average molecular weight is 303 g/mol. The normalized spacial score (nSPS) is 13.4. The predicted molar refractivity (Wildman–Crippen MR) is 77.5 cm³/mol. The van der Waals surface area contributed by atoms with E-state index in [1.54, 1.807) is 19.1 Å². The molecule has 2 aromatic heterocycles. The molecule has 2 heterocycles. The van der Waals surface area contributed by atoms with Crippen LogP contribution >= 0.6 is 0 Å². The SMILES string of the molecule is CCC(C)C(NC(=O)c1ccc(-n2cncn2)nc1)C(=O)O. The summed E-state index contributed by atoms with van der Waals surface area (Å²) in [7, 11) is 0. The van der Waals surface area contributed by atoms with Crippen molar-refractivity contribution in [1.29, 1.82) is 0 Å². The number of aromatic nitrogens is 4. The highest BCUT2D eigenvalue weighted by molar-refractivity contribution is 5.96. The number of carboxylic acids is 1. The number of pyridine rings is 1. The summed E-state index contributed by atoms with van der Waals surface area (Å²) in [6.45, 7) is 3.66. The lowest BCUT2D eigenvalue weighted by molar-refractivity contribution is -0.140. The van der Waals surface area contributed by atoms with Gasteiger partial charge in [-0.1, -0.05) is 20.3 Å². The van der Waals surface area contributed by atoms with Crippen LogP contribution in [0.15, 0.2) is 31.0 Å². The van der Waals surface area contributed by atoms with Gasteiger partial charge in [0.2, 0.25) is 0 Å². The maximum absolute atomic E-state index is 12.1. The molecule has 0 fully saturated rings. The van der Waals surface area contributed by atoms with Crippen LogP contribution in [0, 0.1) is 5.92 Å². The average Bonchev–Trinajstić information content (AvgIpc) is 3.06. The van der Waals surface area contributed by atoms with Gasteiger partial charge in [-0.05, 0) is 18.1 Å². The van der Waals surface area contributed by atoms with Gasteiger partial charge in [0.1, 0.15) is 18.7 Å². The van der Waals surface area contributed by atoms with Crippen molar-refractivity contribution in [2.75, 3.05) is 0 Å². The molecule has 0 spiro atoms. The smallest absolute Gasteiger partial charge is 0.326 e. The first-order chi connectivity index (χ1) is 10.5. The van der Waals surface area contributed by atoms with E-state index in [0.29, 0.717) is 17.8 Å². The number of nitrogens with one attached hydrogen (secondary N) is 1. The van der Waals surface area contributed by atoms with Gasteiger partial charge in [0.15, 0.2) is 5.82 Å². The van der Waals surface area contributed by atoms with Crippen molar-refractivity contribution in [2.45, 2.75) is 26.3 Å². The molecule has 8 nitrogen and oxygen atoms in total. The summed E-state index contributed by atoms with van der Waals surface area (Å²) in [6.07, 6.45) is 4.90.